The van der Waals surface area contributed by atoms with Crippen molar-refractivity contribution in [3.05, 3.63) is 0 Å². The van der Waals surface area contributed by atoms with E-state index in [0.717, 1.165) is 12.8 Å². The first kappa shape index (κ1) is 15.9. The summed E-state index contributed by atoms with van der Waals surface area (Å²) < 4.78 is 11.2. The fourth-order valence-corrected chi connectivity index (χ4v) is 1.99. The largest absolute Gasteiger partial charge is 0.381 e. The highest BCUT2D eigenvalue weighted by molar-refractivity contribution is 4.80. The van der Waals surface area contributed by atoms with Crippen molar-refractivity contribution in [2.24, 2.45) is 10.8 Å². The van der Waals surface area contributed by atoms with Crippen molar-refractivity contribution >= 4 is 0 Å². The molecule has 0 saturated heterocycles. The monoisotopic (exact) mass is 230 g/mol. The van der Waals surface area contributed by atoms with Gasteiger partial charge < -0.3 is 9.47 Å². The Balaban J connectivity index is 4.40. The molecule has 0 aromatic carbocycles. The summed E-state index contributed by atoms with van der Waals surface area (Å²) in [6.45, 7) is 13.4. The Morgan fingerprint density at radius 1 is 0.875 bits per heavy atom. The van der Waals surface area contributed by atoms with E-state index in [-0.39, 0.29) is 17.6 Å². The van der Waals surface area contributed by atoms with E-state index in [1.54, 1.807) is 14.2 Å². The van der Waals surface area contributed by atoms with Crippen LogP contribution in [0.2, 0.25) is 0 Å². The summed E-state index contributed by atoms with van der Waals surface area (Å²) in [6, 6.07) is 0. The average molecular weight is 230 g/mol. The van der Waals surface area contributed by atoms with Gasteiger partial charge in [0, 0.05) is 20.6 Å². The van der Waals surface area contributed by atoms with Crippen LogP contribution in [0, 0.1) is 10.8 Å². The summed E-state index contributed by atoms with van der Waals surface area (Å²) in [5, 5.41) is 0. The van der Waals surface area contributed by atoms with Crippen LogP contribution in [0.1, 0.15) is 54.4 Å². The molecule has 98 valence electrons. The van der Waals surface area contributed by atoms with Gasteiger partial charge in [-0.05, 0) is 17.3 Å². The van der Waals surface area contributed by atoms with Gasteiger partial charge in [0.1, 0.15) is 0 Å². The van der Waals surface area contributed by atoms with Gasteiger partial charge in [-0.15, -0.1) is 0 Å². The molecular formula is C14H30O2. The van der Waals surface area contributed by atoms with E-state index in [0.29, 0.717) is 5.41 Å². The predicted molar refractivity (Wildman–Crippen MR) is 69.7 cm³/mol. The van der Waals surface area contributed by atoms with Gasteiger partial charge in [-0.1, -0.05) is 41.5 Å². The van der Waals surface area contributed by atoms with E-state index < -0.39 is 0 Å². The van der Waals surface area contributed by atoms with Gasteiger partial charge >= 0.3 is 0 Å². The van der Waals surface area contributed by atoms with E-state index in [1.807, 2.05) is 0 Å². The van der Waals surface area contributed by atoms with Crippen LogP contribution in [0.15, 0.2) is 0 Å². The van der Waals surface area contributed by atoms with E-state index >= 15 is 0 Å². The lowest BCUT2D eigenvalue weighted by Gasteiger charge is -2.34. The Morgan fingerprint density at radius 2 is 1.38 bits per heavy atom. The highest BCUT2D eigenvalue weighted by atomic mass is 16.5. The summed E-state index contributed by atoms with van der Waals surface area (Å²) in [7, 11) is 3.59. The Morgan fingerprint density at radius 3 is 1.62 bits per heavy atom. The molecule has 0 radical (unpaired) electrons. The maximum Gasteiger partial charge on any atom is 0.0644 e. The lowest BCUT2D eigenvalue weighted by molar-refractivity contribution is -0.0394. The summed E-state index contributed by atoms with van der Waals surface area (Å²) in [5.41, 5.74) is 0.472. The zero-order valence-corrected chi connectivity index (χ0v) is 12.4. The first-order valence-electron chi connectivity index (χ1n) is 6.15. The quantitative estimate of drug-likeness (QED) is 0.713. The summed E-state index contributed by atoms with van der Waals surface area (Å²) in [6.07, 6.45) is 2.57. The van der Waals surface area contributed by atoms with Crippen molar-refractivity contribution in [2.45, 2.75) is 66.6 Å². The molecule has 0 fully saturated rings. The Labute approximate surface area is 102 Å². The second-order valence-electron chi connectivity index (χ2n) is 6.95. The summed E-state index contributed by atoms with van der Waals surface area (Å²) in [4.78, 5) is 0. The molecule has 0 N–H and O–H groups in total. The molecular weight excluding hydrogens is 200 g/mol. The molecule has 2 nitrogen and oxygen atoms in total. The molecule has 0 aliphatic carbocycles. The third-order valence-electron chi connectivity index (χ3n) is 2.90. The van der Waals surface area contributed by atoms with Crippen LogP contribution in [-0.2, 0) is 9.47 Å². The van der Waals surface area contributed by atoms with Gasteiger partial charge in [0.05, 0.1) is 12.2 Å². The minimum absolute atomic E-state index is 0.170. The molecule has 0 saturated carbocycles. The first-order chi connectivity index (χ1) is 7.10. The van der Waals surface area contributed by atoms with Crippen molar-refractivity contribution in [2.75, 3.05) is 14.2 Å². The minimum atomic E-state index is 0.170. The topological polar surface area (TPSA) is 18.5 Å². The SMILES string of the molecule is COC(CC(OC)C(C)(C)C)CC(C)(C)C. The molecule has 0 rings (SSSR count). The second kappa shape index (κ2) is 6.02. The maximum atomic E-state index is 5.58. The van der Waals surface area contributed by atoms with Crippen LogP contribution in [0.3, 0.4) is 0 Å². The maximum absolute atomic E-state index is 5.58. The molecule has 0 aromatic rings. The lowest BCUT2D eigenvalue weighted by Crippen LogP contribution is -2.34. The number of hydrogen-bond donors (Lipinski definition) is 0. The van der Waals surface area contributed by atoms with Crippen LogP contribution in [0.5, 0.6) is 0 Å². The van der Waals surface area contributed by atoms with Crippen LogP contribution >= 0.6 is 0 Å². The Bertz CT molecular complexity index is 186. The van der Waals surface area contributed by atoms with Gasteiger partial charge in [-0.2, -0.15) is 0 Å². The number of hydrogen-bond acceptors (Lipinski definition) is 2. The molecule has 0 amide bonds. The summed E-state index contributed by atoms with van der Waals surface area (Å²) >= 11 is 0. The van der Waals surface area contributed by atoms with E-state index in [1.165, 1.54) is 0 Å². The number of ether oxygens (including phenoxy) is 2. The lowest BCUT2D eigenvalue weighted by atomic mass is 9.81. The molecule has 0 aliphatic heterocycles. The normalized spacial score (nSPS) is 17.2. The van der Waals surface area contributed by atoms with Crippen LogP contribution in [0.25, 0.3) is 0 Å². The molecule has 0 heterocycles. The predicted octanol–water partition coefficient (Wildman–Crippen LogP) is 3.89. The Hall–Kier alpha value is -0.0800. The highest BCUT2D eigenvalue weighted by Crippen LogP contribution is 2.30. The van der Waals surface area contributed by atoms with Crippen molar-refractivity contribution < 1.29 is 9.47 Å². The number of rotatable bonds is 5. The summed E-state index contributed by atoms with van der Waals surface area (Å²) in [5.74, 6) is 0. The highest BCUT2D eigenvalue weighted by Gasteiger charge is 2.29. The molecule has 16 heavy (non-hydrogen) atoms. The average Bonchev–Trinajstić information content (AvgIpc) is 2.07. The fourth-order valence-electron chi connectivity index (χ4n) is 1.99. The first-order valence-corrected chi connectivity index (χ1v) is 6.15. The van der Waals surface area contributed by atoms with Gasteiger partial charge in [0.15, 0.2) is 0 Å². The third-order valence-corrected chi connectivity index (χ3v) is 2.90. The van der Waals surface area contributed by atoms with E-state index in [9.17, 15) is 0 Å². The zero-order chi connectivity index (χ0) is 13.0. The molecule has 0 bridgehead atoms. The zero-order valence-electron chi connectivity index (χ0n) is 12.4. The van der Waals surface area contributed by atoms with Crippen LogP contribution in [-0.4, -0.2) is 26.4 Å². The van der Waals surface area contributed by atoms with E-state index in [2.05, 4.69) is 41.5 Å². The van der Waals surface area contributed by atoms with Gasteiger partial charge in [0.2, 0.25) is 0 Å². The molecule has 0 aliphatic rings. The minimum Gasteiger partial charge on any atom is -0.381 e. The standard InChI is InChI=1S/C14H30O2/c1-13(2,3)10-11(15-7)9-12(16-8)14(4,5)6/h11-12H,9-10H2,1-8H3. The van der Waals surface area contributed by atoms with Crippen LogP contribution in [0.4, 0.5) is 0 Å². The molecule has 0 spiro atoms. The molecule has 0 aromatic heterocycles. The smallest absolute Gasteiger partial charge is 0.0644 e. The number of methoxy groups -OCH3 is 2. The molecule has 2 unspecified atom stereocenters. The van der Waals surface area contributed by atoms with Crippen molar-refractivity contribution in [1.29, 1.82) is 0 Å². The van der Waals surface area contributed by atoms with E-state index in [4.69, 9.17) is 9.47 Å². The second-order valence-corrected chi connectivity index (χ2v) is 6.95. The molecule has 2 atom stereocenters. The third kappa shape index (κ3) is 6.49. The van der Waals surface area contributed by atoms with Gasteiger partial charge in [-0.3, -0.25) is 0 Å². The van der Waals surface area contributed by atoms with Gasteiger partial charge in [0.25, 0.3) is 0 Å². The van der Waals surface area contributed by atoms with Crippen molar-refractivity contribution in [1.82, 2.24) is 0 Å². The Kier molecular flexibility index (Phi) is 5.99. The van der Waals surface area contributed by atoms with Crippen LogP contribution < -0.4 is 0 Å². The van der Waals surface area contributed by atoms with Crippen molar-refractivity contribution in [3.8, 4) is 0 Å². The van der Waals surface area contributed by atoms with Gasteiger partial charge in [-0.25, -0.2) is 0 Å². The molecule has 2 heteroatoms. The van der Waals surface area contributed by atoms with Crippen molar-refractivity contribution in [3.63, 3.8) is 0 Å². The fraction of sp³-hybridized carbons (Fsp3) is 1.00.